The van der Waals surface area contributed by atoms with Crippen molar-refractivity contribution >= 4 is 0 Å². The zero-order valence-corrected chi connectivity index (χ0v) is 11.6. The van der Waals surface area contributed by atoms with Crippen molar-refractivity contribution < 1.29 is 5.11 Å². The van der Waals surface area contributed by atoms with Crippen LogP contribution in [0.15, 0.2) is 0 Å². The van der Waals surface area contributed by atoms with Crippen molar-refractivity contribution in [2.45, 2.75) is 52.2 Å². The van der Waals surface area contributed by atoms with Gasteiger partial charge in [-0.15, -0.1) is 0 Å². The van der Waals surface area contributed by atoms with Gasteiger partial charge in [-0.05, 0) is 37.1 Å². The average molecular weight is 240 g/mol. The molecule has 100 valence electrons. The van der Waals surface area contributed by atoms with Crippen molar-refractivity contribution in [2.75, 3.05) is 26.2 Å². The molecular weight excluding hydrogens is 212 g/mol. The van der Waals surface area contributed by atoms with Gasteiger partial charge in [-0.2, -0.15) is 0 Å². The van der Waals surface area contributed by atoms with E-state index in [2.05, 4.69) is 31.0 Å². The maximum absolute atomic E-state index is 9.97. The number of likely N-dealkylation sites (tertiary alicyclic amines) is 1. The number of aliphatic hydroxyl groups is 1. The van der Waals surface area contributed by atoms with Gasteiger partial charge in [-0.25, -0.2) is 0 Å². The molecule has 2 aliphatic rings. The van der Waals surface area contributed by atoms with Crippen molar-refractivity contribution in [3.05, 3.63) is 0 Å². The summed E-state index contributed by atoms with van der Waals surface area (Å²) in [4.78, 5) is 2.43. The Kier molecular flexibility index (Phi) is 4.11. The zero-order chi connectivity index (χ0) is 12.5. The first kappa shape index (κ1) is 13.3. The summed E-state index contributed by atoms with van der Waals surface area (Å²) in [7, 11) is 0. The molecule has 2 fully saturated rings. The zero-order valence-electron chi connectivity index (χ0n) is 11.6. The molecule has 0 aromatic heterocycles. The Hall–Kier alpha value is -0.120. The predicted octanol–water partition coefficient (Wildman–Crippen LogP) is 1.47. The Morgan fingerprint density at radius 1 is 1.29 bits per heavy atom. The van der Waals surface area contributed by atoms with Crippen LogP contribution in [0.3, 0.4) is 0 Å². The first-order valence-electron chi connectivity index (χ1n) is 7.09. The van der Waals surface area contributed by atoms with E-state index in [9.17, 15) is 5.11 Å². The first-order chi connectivity index (χ1) is 7.95. The van der Waals surface area contributed by atoms with Crippen LogP contribution in [0.4, 0.5) is 0 Å². The average Bonchev–Trinajstić information content (AvgIpc) is 2.93. The van der Waals surface area contributed by atoms with E-state index in [1.807, 2.05) is 0 Å². The van der Waals surface area contributed by atoms with Gasteiger partial charge in [-0.1, -0.05) is 20.8 Å². The summed E-state index contributed by atoms with van der Waals surface area (Å²) in [5, 5.41) is 13.4. The maximum atomic E-state index is 9.97. The Morgan fingerprint density at radius 3 is 2.53 bits per heavy atom. The molecule has 0 spiro atoms. The molecule has 0 aromatic rings. The summed E-state index contributed by atoms with van der Waals surface area (Å²) in [5.41, 5.74) is 0.409. The third-order valence-corrected chi connectivity index (χ3v) is 4.19. The lowest BCUT2D eigenvalue weighted by molar-refractivity contribution is 0.116. The molecule has 0 bridgehead atoms. The lowest BCUT2D eigenvalue weighted by Gasteiger charge is -2.27. The molecule has 0 radical (unpaired) electrons. The summed E-state index contributed by atoms with van der Waals surface area (Å²) >= 11 is 0. The molecule has 1 aliphatic heterocycles. The van der Waals surface area contributed by atoms with Crippen molar-refractivity contribution in [1.82, 2.24) is 10.2 Å². The lowest BCUT2D eigenvalue weighted by Crippen LogP contribution is -2.38. The minimum absolute atomic E-state index is 0.200. The van der Waals surface area contributed by atoms with E-state index in [1.54, 1.807) is 0 Å². The Bertz CT molecular complexity index is 245. The first-order valence-corrected chi connectivity index (χ1v) is 7.09. The van der Waals surface area contributed by atoms with Gasteiger partial charge in [0, 0.05) is 25.7 Å². The van der Waals surface area contributed by atoms with Gasteiger partial charge in [0.15, 0.2) is 0 Å². The molecule has 0 aromatic carbocycles. The van der Waals surface area contributed by atoms with Gasteiger partial charge >= 0.3 is 0 Å². The van der Waals surface area contributed by atoms with Crippen LogP contribution in [0, 0.1) is 11.3 Å². The summed E-state index contributed by atoms with van der Waals surface area (Å²) in [6, 6.07) is 0.700. The number of β-amino-alcohol motifs (C(OH)–C–C–N with tert-alkyl or cyclic N) is 1. The fourth-order valence-electron chi connectivity index (χ4n) is 2.66. The van der Waals surface area contributed by atoms with Crippen LogP contribution in [-0.2, 0) is 0 Å². The molecule has 1 saturated carbocycles. The van der Waals surface area contributed by atoms with Crippen LogP contribution < -0.4 is 5.32 Å². The van der Waals surface area contributed by atoms with Gasteiger partial charge in [-0.3, -0.25) is 0 Å². The standard InChI is InChI=1S/C14H28N2O/c1-14(2,3)11-6-7-16(9-11)10-13(17)8-15-12-4-5-12/h11-13,15,17H,4-10H2,1-3H3. The van der Waals surface area contributed by atoms with E-state index in [0.29, 0.717) is 11.5 Å². The number of nitrogens with one attached hydrogen (secondary N) is 1. The molecule has 17 heavy (non-hydrogen) atoms. The molecule has 1 aliphatic carbocycles. The van der Waals surface area contributed by atoms with Gasteiger partial charge in [0.25, 0.3) is 0 Å². The second kappa shape index (κ2) is 5.25. The smallest absolute Gasteiger partial charge is 0.0791 e. The molecule has 3 heteroatoms. The molecular formula is C14H28N2O. The van der Waals surface area contributed by atoms with Gasteiger partial charge in [0.05, 0.1) is 6.10 Å². The molecule has 3 nitrogen and oxygen atoms in total. The second-order valence-electron chi connectivity index (χ2n) is 6.95. The van der Waals surface area contributed by atoms with E-state index in [4.69, 9.17) is 0 Å². The van der Waals surface area contributed by atoms with E-state index in [-0.39, 0.29) is 6.10 Å². The molecule has 1 heterocycles. The number of hydrogen-bond acceptors (Lipinski definition) is 3. The van der Waals surface area contributed by atoms with Gasteiger partial charge in [0.1, 0.15) is 0 Å². The number of rotatable bonds is 5. The van der Waals surface area contributed by atoms with E-state index in [1.165, 1.54) is 19.3 Å². The largest absolute Gasteiger partial charge is 0.390 e. The van der Waals surface area contributed by atoms with Gasteiger partial charge in [0.2, 0.25) is 0 Å². The second-order valence-corrected chi connectivity index (χ2v) is 6.95. The minimum Gasteiger partial charge on any atom is -0.390 e. The molecule has 1 saturated heterocycles. The molecule has 2 N–H and O–H groups in total. The topological polar surface area (TPSA) is 35.5 Å². The van der Waals surface area contributed by atoms with Crippen LogP contribution in [0.5, 0.6) is 0 Å². The highest BCUT2D eigenvalue weighted by Gasteiger charge is 2.32. The summed E-state index contributed by atoms with van der Waals surface area (Å²) in [6.45, 7) is 10.9. The van der Waals surface area contributed by atoms with Crippen molar-refractivity contribution in [3.8, 4) is 0 Å². The Balaban J connectivity index is 1.65. The number of aliphatic hydroxyl groups excluding tert-OH is 1. The van der Waals surface area contributed by atoms with Crippen LogP contribution in [0.25, 0.3) is 0 Å². The normalized spacial score (nSPS) is 28.6. The Labute approximate surface area is 106 Å². The Morgan fingerprint density at radius 2 is 2.00 bits per heavy atom. The van der Waals surface area contributed by atoms with Crippen LogP contribution in [-0.4, -0.2) is 48.3 Å². The highest BCUT2D eigenvalue weighted by Crippen LogP contribution is 2.33. The molecule has 0 amide bonds. The number of hydrogen-bond donors (Lipinski definition) is 2. The summed E-state index contributed by atoms with van der Waals surface area (Å²) in [5.74, 6) is 0.783. The maximum Gasteiger partial charge on any atom is 0.0791 e. The summed E-state index contributed by atoms with van der Waals surface area (Å²) < 4.78 is 0. The SMILES string of the molecule is CC(C)(C)C1CCN(CC(O)CNC2CC2)C1. The fourth-order valence-corrected chi connectivity index (χ4v) is 2.66. The van der Waals surface area contributed by atoms with E-state index >= 15 is 0 Å². The van der Waals surface area contributed by atoms with Crippen molar-refractivity contribution in [1.29, 1.82) is 0 Å². The monoisotopic (exact) mass is 240 g/mol. The highest BCUT2D eigenvalue weighted by molar-refractivity contribution is 4.86. The fraction of sp³-hybridized carbons (Fsp3) is 1.00. The third kappa shape index (κ3) is 4.23. The third-order valence-electron chi connectivity index (χ3n) is 4.19. The van der Waals surface area contributed by atoms with Crippen molar-refractivity contribution in [3.63, 3.8) is 0 Å². The van der Waals surface area contributed by atoms with Gasteiger partial charge < -0.3 is 15.3 Å². The van der Waals surface area contributed by atoms with Crippen LogP contribution >= 0.6 is 0 Å². The van der Waals surface area contributed by atoms with Crippen molar-refractivity contribution in [2.24, 2.45) is 11.3 Å². The quantitative estimate of drug-likeness (QED) is 0.764. The number of nitrogens with zero attached hydrogens (tertiary/aromatic N) is 1. The molecule has 2 atom stereocenters. The predicted molar refractivity (Wildman–Crippen MR) is 71.0 cm³/mol. The summed E-state index contributed by atoms with van der Waals surface area (Å²) in [6.07, 6.45) is 3.67. The lowest BCUT2D eigenvalue weighted by atomic mass is 9.80. The highest BCUT2D eigenvalue weighted by atomic mass is 16.3. The minimum atomic E-state index is -0.200. The molecule has 2 unspecified atom stereocenters. The van der Waals surface area contributed by atoms with Crippen LogP contribution in [0.1, 0.15) is 40.0 Å². The van der Waals surface area contributed by atoms with Crippen LogP contribution in [0.2, 0.25) is 0 Å². The molecule has 2 rings (SSSR count). The van der Waals surface area contributed by atoms with E-state index < -0.39 is 0 Å². The van der Waals surface area contributed by atoms with E-state index in [0.717, 1.165) is 32.1 Å².